The van der Waals surface area contributed by atoms with Gasteiger partial charge in [0.1, 0.15) is 23.5 Å². The average Bonchev–Trinajstić information content (AvgIpc) is 3.90. The molecule has 0 saturated heterocycles. The van der Waals surface area contributed by atoms with E-state index >= 15 is 0 Å². The van der Waals surface area contributed by atoms with E-state index in [4.69, 9.17) is 20.4 Å². The lowest BCUT2D eigenvalue weighted by atomic mass is 9.83. The van der Waals surface area contributed by atoms with Gasteiger partial charge in [0, 0.05) is 36.6 Å². The highest BCUT2D eigenvalue weighted by Gasteiger charge is 2.34. The van der Waals surface area contributed by atoms with Crippen molar-refractivity contribution in [3.8, 4) is 22.8 Å². The molecule has 5 N–H and O–H groups in total. The van der Waals surface area contributed by atoms with E-state index in [0.717, 1.165) is 64.2 Å². The molecule has 0 radical (unpaired) electrons. The van der Waals surface area contributed by atoms with Gasteiger partial charge in [-0.2, -0.15) is 0 Å². The van der Waals surface area contributed by atoms with E-state index in [2.05, 4.69) is 36.3 Å². The van der Waals surface area contributed by atoms with Crippen LogP contribution in [0.25, 0.3) is 22.8 Å². The second-order valence-electron chi connectivity index (χ2n) is 14.2. The number of rotatable bonds is 13. The molecule has 3 heterocycles. The Bertz CT molecular complexity index is 2000. The number of pyridine rings is 1. The molecule has 56 heavy (non-hydrogen) atoms. The molecule has 15 heteroatoms. The molecule has 2 atom stereocenters. The summed E-state index contributed by atoms with van der Waals surface area (Å²) in [6.07, 6.45) is 9.89. The highest BCUT2D eigenvalue weighted by Crippen LogP contribution is 2.31. The summed E-state index contributed by atoms with van der Waals surface area (Å²) in [4.78, 5) is 70.6. The predicted octanol–water partition coefficient (Wildman–Crippen LogP) is 6.85. The van der Waals surface area contributed by atoms with Crippen LogP contribution in [0.5, 0.6) is 0 Å². The molecular formula is C41H47ClN6O8. The number of aromatic nitrogens is 1. The Balaban J connectivity index is 1.23. The first kappa shape index (κ1) is 40.0. The summed E-state index contributed by atoms with van der Waals surface area (Å²) >= 11 is 5.97. The lowest BCUT2D eigenvalue weighted by Crippen LogP contribution is -2.51. The molecule has 0 bridgehead atoms. The Hall–Kier alpha value is -5.63. The highest BCUT2D eigenvalue weighted by molar-refractivity contribution is 6.30. The minimum absolute atomic E-state index is 0.0280. The van der Waals surface area contributed by atoms with E-state index in [0.29, 0.717) is 39.1 Å². The monoisotopic (exact) mass is 786 g/mol. The fourth-order valence-corrected chi connectivity index (χ4v) is 7.61. The van der Waals surface area contributed by atoms with E-state index in [1.807, 2.05) is 0 Å². The predicted molar refractivity (Wildman–Crippen MR) is 209 cm³/mol. The zero-order valence-corrected chi connectivity index (χ0v) is 32.2. The van der Waals surface area contributed by atoms with Crippen molar-refractivity contribution in [3.05, 3.63) is 82.9 Å². The SMILES string of the molecule is CNC(=O)[C@@H](NC(=O)c1oc(-c2ccc(NC(=O)OC)cc2)cc1CNC(=O)[C@@H](NC(=O)c1ccc(-c2ccc(Cl)cn2)o1)C1CCCCC1)C1CCCCC1. The van der Waals surface area contributed by atoms with Gasteiger partial charge in [-0.15, -0.1) is 0 Å². The largest absolute Gasteiger partial charge is 0.453 e. The van der Waals surface area contributed by atoms with Crippen molar-refractivity contribution in [2.45, 2.75) is 82.8 Å². The number of nitrogens with one attached hydrogen (secondary N) is 5. The maximum atomic E-state index is 14.1. The molecule has 14 nitrogen and oxygen atoms in total. The summed E-state index contributed by atoms with van der Waals surface area (Å²) in [6, 6.07) is 13.3. The summed E-state index contributed by atoms with van der Waals surface area (Å²) in [5.41, 5.74) is 1.97. The number of hydrogen-bond donors (Lipinski definition) is 5. The van der Waals surface area contributed by atoms with Crippen molar-refractivity contribution in [2.75, 3.05) is 19.5 Å². The van der Waals surface area contributed by atoms with Crippen LogP contribution < -0.4 is 26.6 Å². The van der Waals surface area contributed by atoms with Crippen LogP contribution in [0, 0.1) is 11.8 Å². The zero-order chi connectivity index (χ0) is 39.6. The third kappa shape index (κ3) is 9.96. The molecule has 2 aliphatic rings. The molecule has 2 saturated carbocycles. The Labute approximate surface area is 329 Å². The highest BCUT2D eigenvalue weighted by atomic mass is 35.5. The molecule has 1 aromatic carbocycles. The number of methoxy groups -OCH3 is 1. The number of furan rings is 2. The minimum Gasteiger partial charge on any atom is -0.453 e. The molecule has 2 fully saturated rings. The number of likely N-dealkylation sites (N-methyl/N-ethyl adjacent to an activating group) is 1. The second kappa shape index (κ2) is 18.8. The molecule has 3 aromatic heterocycles. The Kier molecular flexibility index (Phi) is 13.4. The Morgan fingerprint density at radius 2 is 1.43 bits per heavy atom. The third-order valence-electron chi connectivity index (χ3n) is 10.5. The number of anilines is 1. The minimum atomic E-state index is -0.882. The number of carbonyl (C=O) groups is 5. The quantitative estimate of drug-likeness (QED) is 0.0963. The summed E-state index contributed by atoms with van der Waals surface area (Å²) in [7, 11) is 2.81. The van der Waals surface area contributed by atoms with Crippen molar-refractivity contribution in [3.63, 3.8) is 0 Å². The van der Waals surface area contributed by atoms with E-state index < -0.39 is 35.9 Å². The van der Waals surface area contributed by atoms with Gasteiger partial charge in [0.05, 0.1) is 12.1 Å². The average molecular weight is 787 g/mol. The van der Waals surface area contributed by atoms with Crippen LogP contribution in [0.1, 0.15) is 90.9 Å². The molecule has 2 aliphatic carbocycles. The van der Waals surface area contributed by atoms with Gasteiger partial charge < -0.3 is 34.8 Å². The maximum absolute atomic E-state index is 14.1. The van der Waals surface area contributed by atoms with Gasteiger partial charge in [-0.25, -0.2) is 4.79 Å². The fraction of sp³-hybridized carbons (Fsp3) is 0.415. The maximum Gasteiger partial charge on any atom is 0.411 e. The molecule has 0 spiro atoms. The standard InChI is InChI=1S/C41H47ClN6O8/c1-43-38(50)34(25-9-5-3-6-10-25)48-40(52)36-27(21-33(56-36)24-13-16-29(17-14-24)46-41(53)54-2)22-45-39(51)35(26-11-7-4-8-12-26)47-37(49)32-20-19-31(55-32)30-18-15-28(42)23-44-30/h13-21,23,25-26,34-35H,3-12,22H2,1-2H3,(H,43,50)(H,45,51)(H,46,53)(H,47,49)(H,48,52)/t34-,35-/m0/s1. The van der Waals surface area contributed by atoms with Gasteiger partial charge in [-0.3, -0.25) is 29.5 Å². The molecule has 5 amide bonds. The Morgan fingerprint density at radius 3 is 2.04 bits per heavy atom. The normalized spacial score (nSPS) is 15.9. The number of ether oxygens (including phenoxy) is 1. The van der Waals surface area contributed by atoms with Gasteiger partial charge in [-0.1, -0.05) is 50.1 Å². The van der Waals surface area contributed by atoms with Crippen LogP contribution in [-0.2, 0) is 20.9 Å². The van der Waals surface area contributed by atoms with Crippen LogP contribution in [0.4, 0.5) is 10.5 Å². The number of halogens is 1. The van der Waals surface area contributed by atoms with Crippen LogP contribution in [0.15, 0.2) is 69.6 Å². The van der Waals surface area contributed by atoms with E-state index in [-0.39, 0.29) is 35.8 Å². The molecule has 4 aromatic rings. The van der Waals surface area contributed by atoms with Crippen molar-refractivity contribution < 1.29 is 37.5 Å². The molecule has 6 rings (SSSR count). The molecular weight excluding hydrogens is 740 g/mol. The number of carbonyl (C=O) groups excluding carboxylic acids is 5. The molecule has 296 valence electrons. The van der Waals surface area contributed by atoms with E-state index in [1.54, 1.807) is 48.5 Å². The lowest BCUT2D eigenvalue weighted by Gasteiger charge is -2.30. The lowest BCUT2D eigenvalue weighted by molar-refractivity contribution is -0.125. The van der Waals surface area contributed by atoms with E-state index in [1.165, 1.54) is 26.4 Å². The van der Waals surface area contributed by atoms with Crippen LogP contribution in [0.2, 0.25) is 5.02 Å². The summed E-state index contributed by atoms with van der Waals surface area (Å²) in [5.74, 6) is -1.33. The Morgan fingerprint density at radius 1 is 0.786 bits per heavy atom. The van der Waals surface area contributed by atoms with Crippen molar-refractivity contribution in [1.29, 1.82) is 0 Å². The molecule has 0 aliphatic heterocycles. The number of hydrogen-bond acceptors (Lipinski definition) is 9. The summed E-state index contributed by atoms with van der Waals surface area (Å²) in [5, 5.41) is 14.5. The van der Waals surface area contributed by atoms with Gasteiger partial charge in [0.25, 0.3) is 11.8 Å². The first-order valence-electron chi connectivity index (χ1n) is 19.0. The van der Waals surface area contributed by atoms with Crippen LogP contribution in [-0.4, -0.2) is 60.9 Å². The van der Waals surface area contributed by atoms with Crippen LogP contribution >= 0.6 is 11.6 Å². The second-order valence-corrected chi connectivity index (χ2v) is 14.7. The zero-order valence-electron chi connectivity index (χ0n) is 31.5. The van der Waals surface area contributed by atoms with Gasteiger partial charge in [-0.05, 0) is 92.1 Å². The van der Waals surface area contributed by atoms with Gasteiger partial charge in [0.2, 0.25) is 11.8 Å². The van der Waals surface area contributed by atoms with E-state index in [9.17, 15) is 24.0 Å². The first-order valence-corrected chi connectivity index (χ1v) is 19.4. The third-order valence-corrected chi connectivity index (χ3v) is 10.7. The summed E-state index contributed by atoms with van der Waals surface area (Å²) in [6.45, 7) is -0.104. The topological polar surface area (TPSA) is 194 Å². The van der Waals surface area contributed by atoms with Gasteiger partial charge in [0.15, 0.2) is 17.3 Å². The molecule has 0 unspecified atom stereocenters. The smallest absolute Gasteiger partial charge is 0.411 e. The number of amides is 5. The van der Waals surface area contributed by atoms with Crippen molar-refractivity contribution in [1.82, 2.24) is 26.3 Å². The first-order chi connectivity index (χ1) is 27.1. The van der Waals surface area contributed by atoms with Gasteiger partial charge >= 0.3 is 6.09 Å². The summed E-state index contributed by atoms with van der Waals surface area (Å²) < 4.78 is 16.7. The van der Waals surface area contributed by atoms with Crippen molar-refractivity contribution in [2.24, 2.45) is 11.8 Å². The van der Waals surface area contributed by atoms with Crippen LogP contribution in [0.3, 0.4) is 0 Å². The number of nitrogens with zero attached hydrogens (tertiary/aromatic N) is 1. The number of benzene rings is 1. The van der Waals surface area contributed by atoms with Crippen molar-refractivity contribution >= 4 is 47.0 Å². The fourth-order valence-electron chi connectivity index (χ4n) is 7.50.